The van der Waals surface area contributed by atoms with E-state index in [2.05, 4.69) is 31.0 Å². The Labute approximate surface area is 198 Å². The topological polar surface area (TPSA) is 110 Å². The van der Waals surface area contributed by atoms with Gasteiger partial charge in [-0.05, 0) is 31.7 Å². The van der Waals surface area contributed by atoms with Crippen molar-refractivity contribution in [3.63, 3.8) is 0 Å². The molecule has 2 amide bonds. The van der Waals surface area contributed by atoms with Crippen molar-refractivity contribution in [3.8, 4) is 17.3 Å². The molecule has 0 bridgehead atoms. The third-order valence-corrected chi connectivity index (χ3v) is 7.83. The minimum Gasteiger partial charge on any atom is -0.346 e. The maximum absolute atomic E-state index is 12.7. The molecule has 34 heavy (non-hydrogen) atoms. The van der Waals surface area contributed by atoms with Gasteiger partial charge in [-0.3, -0.25) is 9.58 Å². The maximum Gasteiger partial charge on any atom is 0.320 e. The monoisotopic (exact) mass is 459 g/mol. The Morgan fingerprint density at radius 1 is 1.26 bits per heavy atom. The molecule has 0 spiro atoms. The molecule has 3 aromatic rings. The molecular weight excluding hydrogens is 430 g/mol. The Morgan fingerprint density at radius 3 is 2.79 bits per heavy atom. The zero-order valence-corrected chi connectivity index (χ0v) is 19.4. The quantitative estimate of drug-likeness (QED) is 0.628. The molecule has 10 heteroatoms. The molecule has 0 radical (unpaired) electrons. The Kier molecular flexibility index (Phi) is 5.03. The second-order valence-corrected chi connectivity index (χ2v) is 9.90. The Bertz CT molecular complexity index is 1240. The van der Waals surface area contributed by atoms with Crippen LogP contribution in [0.25, 0.3) is 22.3 Å². The number of amides is 2. The van der Waals surface area contributed by atoms with Crippen LogP contribution >= 0.6 is 0 Å². The predicted molar refractivity (Wildman–Crippen MR) is 126 cm³/mol. The van der Waals surface area contributed by atoms with Crippen LogP contribution in [-0.2, 0) is 5.54 Å². The number of rotatable bonds is 5. The molecule has 10 nitrogen and oxygen atoms in total. The summed E-state index contributed by atoms with van der Waals surface area (Å²) < 4.78 is 1.98. The molecule has 4 heterocycles. The van der Waals surface area contributed by atoms with Crippen LogP contribution in [0.2, 0.25) is 0 Å². The van der Waals surface area contributed by atoms with Gasteiger partial charge in [-0.25, -0.2) is 14.8 Å². The molecule has 3 fully saturated rings. The molecule has 1 saturated heterocycles. The zero-order chi connectivity index (χ0) is 23.3. The smallest absolute Gasteiger partial charge is 0.320 e. The molecule has 0 aromatic carbocycles. The van der Waals surface area contributed by atoms with Crippen molar-refractivity contribution >= 4 is 17.1 Å². The summed E-state index contributed by atoms with van der Waals surface area (Å²) in [5.74, 6) is 0. The van der Waals surface area contributed by atoms with Crippen molar-refractivity contribution in [1.29, 1.82) is 5.26 Å². The predicted octanol–water partition coefficient (Wildman–Crippen LogP) is 2.42. The number of piperazine rings is 1. The van der Waals surface area contributed by atoms with E-state index in [-0.39, 0.29) is 11.6 Å². The van der Waals surface area contributed by atoms with Gasteiger partial charge in [0.05, 0.1) is 29.9 Å². The van der Waals surface area contributed by atoms with Gasteiger partial charge in [0, 0.05) is 68.7 Å². The van der Waals surface area contributed by atoms with Gasteiger partial charge < -0.3 is 14.8 Å². The van der Waals surface area contributed by atoms with Gasteiger partial charge in [0.25, 0.3) is 0 Å². The first-order valence-corrected chi connectivity index (χ1v) is 12.0. The number of carbonyl (C=O) groups excluding carboxylic acids is 1. The van der Waals surface area contributed by atoms with Crippen molar-refractivity contribution in [3.05, 3.63) is 31.0 Å². The van der Waals surface area contributed by atoms with E-state index in [4.69, 9.17) is 0 Å². The molecule has 2 aliphatic carbocycles. The number of hydrogen-bond acceptors (Lipinski definition) is 6. The molecule has 1 aliphatic heterocycles. The number of H-pyrrole nitrogens is 1. The van der Waals surface area contributed by atoms with Crippen LogP contribution in [0.3, 0.4) is 0 Å². The maximum atomic E-state index is 12.7. The summed E-state index contributed by atoms with van der Waals surface area (Å²) in [5.41, 5.74) is 2.28. The van der Waals surface area contributed by atoms with E-state index in [1.165, 1.54) is 0 Å². The van der Waals surface area contributed by atoms with Crippen molar-refractivity contribution in [2.24, 2.45) is 0 Å². The van der Waals surface area contributed by atoms with Crippen LogP contribution in [-0.4, -0.2) is 90.8 Å². The highest BCUT2D eigenvalue weighted by Gasteiger charge is 2.49. The fourth-order valence-corrected chi connectivity index (χ4v) is 5.56. The molecule has 6 rings (SSSR count). The van der Waals surface area contributed by atoms with Crippen LogP contribution in [0.5, 0.6) is 0 Å². The molecule has 176 valence electrons. The lowest BCUT2D eigenvalue weighted by atomic mass is 9.70. The van der Waals surface area contributed by atoms with Crippen LogP contribution in [0.4, 0.5) is 4.79 Å². The Hall–Kier alpha value is -3.45. The lowest BCUT2D eigenvalue weighted by molar-refractivity contribution is -0.0145. The summed E-state index contributed by atoms with van der Waals surface area (Å²) >= 11 is 0. The molecule has 2 saturated carbocycles. The largest absolute Gasteiger partial charge is 0.346 e. The number of hydrogen-bond donors (Lipinski definition) is 1. The average molecular weight is 460 g/mol. The standard InChI is InChI=1S/C24H29N9O/c1-30(18-2-3-18)23(34)32-10-8-31(9-11-32)19-12-24(13-19,5-6-25)33-15-17(14-29-33)21-20-4-7-26-22(20)28-16-27-21/h4,7,14-16,18-19H,2-3,5,8-13H2,1H3,(H,26,27,28). The SMILES string of the molecule is CN(C(=O)N1CCN(C2CC(CC#N)(n3cc(-c4ncnc5[nH]ccc45)cn3)C2)CC1)C1CC1. The summed E-state index contributed by atoms with van der Waals surface area (Å²) in [6.45, 7) is 3.30. The Morgan fingerprint density at radius 2 is 2.06 bits per heavy atom. The highest BCUT2D eigenvalue weighted by atomic mass is 16.2. The summed E-state index contributed by atoms with van der Waals surface area (Å²) in [6, 6.07) is 5.38. The highest BCUT2D eigenvalue weighted by molar-refractivity contribution is 5.90. The first-order chi connectivity index (χ1) is 16.6. The fraction of sp³-hybridized carbons (Fsp3) is 0.542. The minimum atomic E-state index is -0.291. The summed E-state index contributed by atoms with van der Waals surface area (Å²) in [6.07, 6.45) is 11.7. The number of fused-ring (bicyclic) bond motifs is 1. The van der Waals surface area contributed by atoms with Gasteiger partial charge in [-0.2, -0.15) is 10.4 Å². The third kappa shape index (κ3) is 3.51. The number of aromatic amines is 1. The number of aromatic nitrogens is 5. The molecule has 3 aromatic heterocycles. The number of nitriles is 1. The van der Waals surface area contributed by atoms with Crippen LogP contribution < -0.4 is 0 Å². The fourth-order valence-electron chi connectivity index (χ4n) is 5.56. The molecular formula is C24H29N9O. The van der Waals surface area contributed by atoms with Crippen LogP contribution in [0.1, 0.15) is 32.1 Å². The van der Waals surface area contributed by atoms with Crippen LogP contribution in [0, 0.1) is 11.3 Å². The van der Waals surface area contributed by atoms with E-state index in [0.717, 1.165) is 74.2 Å². The van der Waals surface area contributed by atoms with Gasteiger partial charge in [0.2, 0.25) is 0 Å². The van der Waals surface area contributed by atoms with E-state index in [0.29, 0.717) is 18.5 Å². The third-order valence-electron chi connectivity index (χ3n) is 7.83. The molecule has 0 unspecified atom stereocenters. The molecule has 1 N–H and O–H groups in total. The first-order valence-electron chi connectivity index (χ1n) is 12.0. The average Bonchev–Trinajstić information content (AvgIpc) is 3.36. The number of nitrogens with zero attached hydrogens (tertiary/aromatic N) is 8. The lowest BCUT2D eigenvalue weighted by Gasteiger charge is -2.52. The second-order valence-electron chi connectivity index (χ2n) is 9.90. The zero-order valence-electron chi connectivity index (χ0n) is 19.4. The molecule has 0 atom stereocenters. The van der Waals surface area contributed by atoms with Gasteiger partial charge in [-0.15, -0.1) is 0 Å². The van der Waals surface area contributed by atoms with Crippen molar-refractivity contribution in [1.82, 2.24) is 39.4 Å². The first kappa shape index (κ1) is 21.1. The lowest BCUT2D eigenvalue weighted by Crippen LogP contribution is -2.61. The summed E-state index contributed by atoms with van der Waals surface area (Å²) in [4.78, 5) is 30.9. The normalized spacial score (nSPS) is 25.2. The second kappa shape index (κ2) is 8.09. The Balaban J connectivity index is 1.13. The van der Waals surface area contributed by atoms with Gasteiger partial charge in [0.15, 0.2) is 0 Å². The van der Waals surface area contributed by atoms with E-state index in [1.54, 1.807) is 6.33 Å². The van der Waals surface area contributed by atoms with Crippen molar-refractivity contribution in [2.75, 3.05) is 33.2 Å². The molecule has 3 aliphatic rings. The number of nitrogens with one attached hydrogen (secondary N) is 1. The van der Waals surface area contributed by atoms with Crippen LogP contribution in [0.15, 0.2) is 31.0 Å². The van der Waals surface area contributed by atoms with Gasteiger partial charge >= 0.3 is 6.03 Å². The van der Waals surface area contributed by atoms with Crippen molar-refractivity contribution in [2.45, 2.75) is 49.7 Å². The van der Waals surface area contributed by atoms with E-state index in [1.807, 2.05) is 46.2 Å². The van der Waals surface area contributed by atoms with Gasteiger partial charge in [0.1, 0.15) is 12.0 Å². The van der Waals surface area contributed by atoms with E-state index < -0.39 is 0 Å². The number of carbonyl (C=O) groups is 1. The van der Waals surface area contributed by atoms with E-state index >= 15 is 0 Å². The minimum absolute atomic E-state index is 0.167. The van der Waals surface area contributed by atoms with Crippen molar-refractivity contribution < 1.29 is 4.79 Å². The van der Waals surface area contributed by atoms with E-state index in [9.17, 15) is 10.1 Å². The summed E-state index contributed by atoms with van der Waals surface area (Å²) in [5, 5.41) is 15.2. The van der Waals surface area contributed by atoms with Gasteiger partial charge in [-0.1, -0.05) is 0 Å². The number of urea groups is 1. The summed E-state index contributed by atoms with van der Waals surface area (Å²) in [7, 11) is 1.93. The highest BCUT2D eigenvalue weighted by Crippen LogP contribution is 2.45.